The number of halogens is 2. The maximum absolute atomic E-state index is 11.3. The fourth-order valence-corrected chi connectivity index (χ4v) is 1.73. The average Bonchev–Trinajstić information content (AvgIpc) is 2.80. The Morgan fingerprint density at radius 3 is 2.78 bits per heavy atom. The van der Waals surface area contributed by atoms with Gasteiger partial charge in [-0.3, -0.25) is 4.79 Å². The molecule has 2 N–H and O–H groups in total. The Morgan fingerprint density at radius 2 is 2.22 bits per heavy atom. The number of carbonyl (C=O) groups excluding carboxylic acids is 1. The lowest BCUT2D eigenvalue weighted by Gasteiger charge is -2.16. The standard InChI is InChI=1S/C10H8Cl2N4O2/c11-6-1-2-8(7(12)3-6)18-10(9(13)17)16-5-14-4-15-16/h1-5,10H,(H2,13,17). The van der Waals surface area contributed by atoms with Crippen molar-refractivity contribution < 1.29 is 9.53 Å². The summed E-state index contributed by atoms with van der Waals surface area (Å²) in [4.78, 5) is 15.0. The molecule has 18 heavy (non-hydrogen) atoms. The Bertz CT molecular complexity index is 559. The first-order valence-corrected chi connectivity index (χ1v) is 5.58. The van der Waals surface area contributed by atoms with Gasteiger partial charge in [0.1, 0.15) is 18.4 Å². The summed E-state index contributed by atoms with van der Waals surface area (Å²) in [5.41, 5.74) is 5.23. The Kier molecular flexibility index (Phi) is 3.69. The number of amides is 1. The van der Waals surface area contributed by atoms with Gasteiger partial charge in [-0.05, 0) is 18.2 Å². The largest absolute Gasteiger partial charge is 0.458 e. The van der Waals surface area contributed by atoms with Crippen molar-refractivity contribution in [2.45, 2.75) is 6.23 Å². The maximum Gasteiger partial charge on any atom is 0.282 e. The summed E-state index contributed by atoms with van der Waals surface area (Å²) >= 11 is 11.7. The Labute approximate surface area is 112 Å². The fourth-order valence-electron chi connectivity index (χ4n) is 1.27. The summed E-state index contributed by atoms with van der Waals surface area (Å²) in [6.07, 6.45) is 1.47. The molecule has 0 aliphatic heterocycles. The summed E-state index contributed by atoms with van der Waals surface area (Å²) < 4.78 is 6.59. The van der Waals surface area contributed by atoms with Crippen LogP contribution >= 0.6 is 23.2 Å². The molecule has 0 saturated carbocycles. The van der Waals surface area contributed by atoms with Gasteiger partial charge in [0.25, 0.3) is 12.1 Å². The third kappa shape index (κ3) is 2.72. The number of rotatable bonds is 4. The minimum atomic E-state index is -1.12. The van der Waals surface area contributed by atoms with Gasteiger partial charge in [0, 0.05) is 5.02 Å². The third-order valence-electron chi connectivity index (χ3n) is 2.05. The van der Waals surface area contributed by atoms with Gasteiger partial charge in [0.2, 0.25) is 0 Å². The van der Waals surface area contributed by atoms with E-state index >= 15 is 0 Å². The predicted octanol–water partition coefficient (Wildman–Crippen LogP) is 1.65. The third-order valence-corrected chi connectivity index (χ3v) is 2.58. The molecule has 0 aliphatic carbocycles. The van der Waals surface area contributed by atoms with Crippen molar-refractivity contribution in [2.75, 3.05) is 0 Å². The van der Waals surface area contributed by atoms with Crippen LogP contribution in [-0.4, -0.2) is 20.7 Å². The van der Waals surface area contributed by atoms with E-state index in [2.05, 4.69) is 10.1 Å². The van der Waals surface area contributed by atoms with Crippen molar-refractivity contribution >= 4 is 29.1 Å². The topological polar surface area (TPSA) is 83.0 Å². The van der Waals surface area contributed by atoms with Crippen molar-refractivity contribution in [1.82, 2.24) is 14.8 Å². The lowest BCUT2D eigenvalue weighted by atomic mass is 10.3. The van der Waals surface area contributed by atoms with Gasteiger partial charge in [-0.15, -0.1) is 0 Å². The fraction of sp³-hybridized carbons (Fsp3) is 0.100. The molecule has 1 heterocycles. The lowest BCUT2D eigenvalue weighted by Crippen LogP contribution is -2.31. The maximum atomic E-state index is 11.3. The number of hydrogen-bond acceptors (Lipinski definition) is 4. The molecule has 1 amide bonds. The average molecular weight is 287 g/mol. The van der Waals surface area contributed by atoms with Crippen LogP contribution < -0.4 is 10.5 Å². The molecule has 2 aromatic rings. The van der Waals surface area contributed by atoms with Gasteiger partial charge < -0.3 is 10.5 Å². The highest BCUT2D eigenvalue weighted by Crippen LogP contribution is 2.29. The van der Waals surface area contributed by atoms with Crippen molar-refractivity contribution in [1.29, 1.82) is 0 Å². The Morgan fingerprint density at radius 1 is 1.44 bits per heavy atom. The Balaban J connectivity index is 2.27. The van der Waals surface area contributed by atoms with Gasteiger partial charge in [-0.2, -0.15) is 5.10 Å². The zero-order valence-electron chi connectivity index (χ0n) is 8.96. The van der Waals surface area contributed by atoms with Gasteiger partial charge in [-0.25, -0.2) is 9.67 Å². The zero-order chi connectivity index (χ0) is 13.1. The van der Waals surface area contributed by atoms with E-state index in [9.17, 15) is 4.79 Å². The molecule has 0 fully saturated rings. The minimum absolute atomic E-state index is 0.272. The van der Waals surface area contributed by atoms with Crippen LogP contribution in [0.4, 0.5) is 0 Å². The van der Waals surface area contributed by atoms with Crippen LogP contribution in [0.3, 0.4) is 0 Å². The summed E-state index contributed by atoms with van der Waals surface area (Å²) in [6.45, 7) is 0. The molecule has 1 unspecified atom stereocenters. The van der Waals surface area contributed by atoms with E-state index in [0.29, 0.717) is 5.02 Å². The molecule has 94 valence electrons. The molecule has 0 aliphatic rings. The monoisotopic (exact) mass is 286 g/mol. The molecular formula is C10H8Cl2N4O2. The van der Waals surface area contributed by atoms with E-state index in [1.807, 2.05) is 0 Å². The summed E-state index contributed by atoms with van der Waals surface area (Å²) in [5.74, 6) is -0.438. The van der Waals surface area contributed by atoms with Crippen molar-refractivity contribution in [3.63, 3.8) is 0 Å². The SMILES string of the molecule is NC(=O)C(Oc1ccc(Cl)cc1Cl)n1cncn1. The predicted molar refractivity (Wildman–Crippen MR) is 65.3 cm³/mol. The van der Waals surface area contributed by atoms with E-state index in [4.69, 9.17) is 33.7 Å². The first-order valence-electron chi connectivity index (χ1n) is 4.83. The second-order valence-corrected chi connectivity index (χ2v) is 4.17. The van der Waals surface area contributed by atoms with E-state index in [1.54, 1.807) is 6.07 Å². The highest BCUT2D eigenvalue weighted by atomic mass is 35.5. The van der Waals surface area contributed by atoms with E-state index in [0.717, 1.165) is 0 Å². The Hall–Kier alpha value is -1.79. The first kappa shape index (κ1) is 12.7. The zero-order valence-corrected chi connectivity index (χ0v) is 10.5. The van der Waals surface area contributed by atoms with Gasteiger partial charge in [0.05, 0.1) is 5.02 Å². The number of benzene rings is 1. The number of carbonyl (C=O) groups is 1. The van der Waals surface area contributed by atoms with Gasteiger partial charge in [-0.1, -0.05) is 23.2 Å². The number of aromatic nitrogens is 3. The molecule has 0 bridgehead atoms. The highest BCUT2D eigenvalue weighted by Gasteiger charge is 2.21. The molecule has 0 radical (unpaired) electrons. The molecule has 1 aromatic heterocycles. The quantitative estimate of drug-likeness (QED) is 0.926. The van der Waals surface area contributed by atoms with Crippen LogP contribution in [0.2, 0.25) is 10.0 Å². The minimum Gasteiger partial charge on any atom is -0.458 e. The second-order valence-electron chi connectivity index (χ2n) is 3.32. The van der Waals surface area contributed by atoms with E-state index < -0.39 is 12.1 Å². The summed E-state index contributed by atoms with van der Waals surface area (Å²) in [7, 11) is 0. The van der Waals surface area contributed by atoms with Crippen LogP contribution in [0, 0.1) is 0 Å². The molecule has 8 heteroatoms. The number of nitrogens with two attached hydrogens (primary N) is 1. The molecule has 6 nitrogen and oxygen atoms in total. The van der Waals surface area contributed by atoms with Crippen LogP contribution in [-0.2, 0) is 4.79 Å². The summed E-state index contributed by atoms with van der Waals surface area (Å²) in [5, 5.41) is 4.53. The lowest BCUT2D eigenvalue weighted by molar-refractivity contribution is -0.129. The smallest absolute Gasteiger partial charge is 0.282 e. The van der Waals surface area contributed by atoms with Crippen LogP contribution in [0.1, 0.15) is 6.23 Å². The normalized spacial score (nSPS) is 12.1. The number of hydrogen-bond donors (Lipinski definition) is 1. The molecular weight excluding hydrogens is 279 g/mol. The number of primary amides is 1. The van der Waals surface area contributed by atoms with Crippen molar-refractivity contribution in [3.8, 4) is 5.75 Å². The molecule has 1 atom stereocenters. The van der Waals surface area contributed by atoms with Crippen LogP contribution in [0.5, 0.6) is 5.75 Å². The van der Waals surface area contributed by atoms with E-state index in [1.165, 1.54) is 29.5 Å². The van der Waals surface area contributed by atoms with E-state index in [-0.39, 0.29) is 10.8 Å². The summed E-state index contributed by atoms with van der Waals surface area (Å²) in [6, 6.07) is 4.62. The van der Waals surface area contributed by atoms with Gasteiger partial charge in [0.15, 0.2) is 0 Å². The number of nitrogens with zero attached hydrogens (tertiary/aromatic N) is 3. The molecule has 2 rings (SSSR count). The number of ether oxygens (including phenoxy) is 1. The van der Waals surface area contributed by atoms with Crippen LogP contribution in [0.15, 0.2) is 30.9 Å². The molecule has 0 spiro atoms. The van der Waals surface area contributed by atoms with Gasteiger partial charge >= 0.3 is 0 Å². The van der Waals surface area contributed by atoms with Crippen molar-refractivity contribution in [3.05, 3.63) is 40.9 Å². The van der Waals surface area contributed by atoms with Crippen molar-refractivity contribution in [2.24, 2.45) is 5.73 Å². The first-order chi connectivity index (χ1) is 8.58. The molecule has 1 aromatic carbocycles. The molecule has 0 saturated heterocycles. The highest BCUT2D eigenvalue weighted by molar-refractivity contribution is 6.35. The second kappa shape index (κ2) is 5.24. The van der Waals surface area contributed by atoms with Crippen LogP contribution in [0.25, 0.3) is 0 Å².